The van der Waals surface area contributed by atoms with E-state index in [1.807, 2.05) is 65.8 Å². The lowest BCUT2D eigenvalue weighted by Gasteiger charge is -2.56. The SMILES string of the molecule is CC(C)=CCc1c2c(c(O)c3c1O[C@@]14C(=C[C@@H]5CC1C(C)(C)O[C@]4(C/C=C(\C)CO)C5=O)C3=O)C=CC(C)(C)O2. The Kier molecular flexibility index (Phi) is 5.70. The summed E-state index contributed by atoms with van der Waals surface area (Å²) >= 11 is 0. The molecule has 212 valence electrons. The second-order valence-corrected chi connectivity index (χ2v) is 13.2. The quantitative estimate of drug-likeness (QED) is 0.476. The first kappa shape index (κ1) is 27.0. The maximum Gasteiger partial charge on any atom is 0.200 e. The minimum atomic E-state index is -1.45. The van der Waals surface area contributed by atoms with Gasteiger partial charge in [0.25, 0.3) is 0 Å². The molecule has 3 heterocycles. The van der Waals surface area contributed by atoms with Crippen molar-refractivity contribution < 1.29 is 34.0 Å². The topological polar surface area (TPSA) is 102 Å². The van der Waals surface area contributed by atoms with Crippen molar-refractivity contribution in [1.82, 2.24) is 0 Å². The number of ether oxygens (including phenoxy) is 3. The van der Waals surface area contributed by atoms with E-state index in [1.54, 1.807) is 13.0 Å². The molecule has 1 unspecified atom stereocenters. The van der Waals surface area contributed by atoms with Crippen molar-refractivity contribution in [3.8, 4) is 17.2 Å². The highest BCUT2D eigenvalue weighted by atomic mass is 16.6. The lowest BCUT2D eigenvalue weighted by Crippen LogP contribution is -2.72. The van der Waals surface area contributed by atoms with Gasteiger partial charge in [0, 0.05) is 29.4 Å². The van der Waals surface area contributed by atoms with Crippen LogP contribution in [0.3, 0.4) is 0 Å². The van der Waals surface area contributed by atoms with E-state index in [0.717, 1.165) is 5.57 Å². The molecule has 40 heavy (non-hydrogen) atoms. The van der Waals surface area contributed by atoms with Crippen LogP contribution in [0, 0.1) is 11.8 Å². The lowest BCUT2D eigenvalue weighted by atomic mass is 9.51. The largest absolute Gasteiger partial charge is 0.506 e. The second kappa shape index (κ2) is 8.43. The van der Waals surface area contributed by atoms with Crippen molar-refractivity contribution in [2.75, 3.05) is 6.61 Å². The first-order chi connectivity index (χ1) is 18.7. The van der Waals surface area contributed by atoms with E-state index in [0.29, 0.717) is 40.9 Å². The van der Waals surface area contributed by atoms with Crippen LogP contribution in [-0.2, 0) is 16.0 Å². The van der Waals surface area contributed by atoms with Gasteiger partial charge < -0.3 is 24.4 Å². The number of Topliss-reactive ketones (excluding diaryl/α,β-unsaturated/α-hetero) is 2. The standard InChI is InChI=1S/C33H38O7/c1-17(2)8-9-21-27-20(11-12-30(4,5)38-27)25(35)24-26(36)22-14-19-15-23-31(6,7)40-32(29(19)37,13-10-18(3)16-34)33(22,23)39-28(21)24/h8,10-12,14,19,23,34-35H,9,13,15-16H2,1-7H3/b18-10+/t19-,23?,32-,33+/m1/s1. The molecule has 7 heteroatoms. The number of benzene rings is 1. The number of phenolic OH excluding ortho intramolecular Hbond substituents is 1. The molecule has 1 saturated carbocycles. The zero-order valence-corrected chi connectivity index (χ0v) is 24.3. The van der Waals surface area contributed by atoms with Gasteiger partial charge in [-0.3, -0.25) is 9.59 Å². The van der Waals surface area contributed by atoms with E-state index in [1.165, 1.54) is 0 Å². The Morgan fingerprint density at radius 2 is 1.80 bits per heavy atom. The van der Waals surface area contributed by atoms with Gasteiger partial charge in [0.2, 0.25) is 0 Å². The molecule has 1 saturated heterocycles. The number of fused-ring (bicyclic) bond motifs is 2. The minimum Gasteiger partial charge on any atom is -0.506 e. The highest BCUT2D eigenvalue weighted by Gasteiger charge is 2.81. The summed E-state index contributed by atoms with van der Waals surface area (Å²) in [5.41, 5.74) is -0.823. The number of hydrogen-bond acceptors (Lipinski definition) is 7. The summed E-state index contributed by atoms with van der Waals surface area (Å²) < 4.78 is 20.2. The van der Waals surface area contributed by atoms with Crippen LogP contribution in [0.25, 0.3) is 6.08 Å². The summed E-state index contributed by atoms with van der Waals surface area (Å²) in [6, 6.07) is 0. The zero-order chi connectivity index (χ0) is 29.0. The average Bonchev–Trinajstić information content (AvgIpc) is 3.03. The molecule has 7 nitrogen and oxygen atoms in total. The van der Waals surface area contributed by atoms with Crippen molar-refractivity contribution in [3.05, 3.63) is 57.7 Å². The Bertz CT molecular complexity index is 1480. The van der Waals surface area contributed by atoms with Gasteiger partial charge in [0.1, 0.15) is 28.4 Å². The first-order valence-corrected chi connectivity index (χ1v) is 14.1. The Morgan fingerprint density at radius 3 is 2.48 bits per heavy atom. The fourth-order valence-corrected chi connectivity index (χ4v) is 7.44. The number of aliphatic hydroxyl groups excluding tert-OH is 1. The maximum absolute atomic E-state index is 14.5. The van der Waals surface area contributed by atoms with Crippen LogP contribution in [0.2, 0.25) is 0 Å². The predicted octanol–water partition coefficient (Wildman–Crippen LogP) is 5.42. The Hall–Kier alpha value is -3.16. The van der Waals surface area contributed by atoms with Crippen LogP contribution in [0.1, 0.15) is 82.8 Å². The fourth-order valence-electron chi connectivity index (χ4n) is 7.44. The van der Waals surface area contributed by atoms with Gasteiger partial charge in [-0.05, 0) is 73.5 Å². The molecular formula is C33H38O7. The van der Waals surface area contributed by atoms with E-state index in [2.05, 4.69) is 0 Å². The predicted molar refractivity (Wildman–Crippen MR) is 151 cm³/mol. The molecule has 4 atom stereocenters. The molecule has 7 rings (SSSR count). The van der Waals surface area contributed by atoms with E-state index in [4.69, 9.17) is 14.2 Å². The van der Waals surface area contributed by atoms with Gasteiger partial charge in [-0.25, -0.2) is 0 Å². The number of ketones is 2. The van der Waals surface area contributed by atoms with Gasteiger partial charge in [-0.1, -0.05) is 29.4 Å². The normalized spacial score (nSPS) is 32.0. The molecule has 3 aliphatic carbocycles. The number of carbonyl (C=O) groups excluding carboxylic acids is 2. The Balaban J connectivity index is 1.66. The molecule has 1 spiro atoms. The highest BCUT2D eigenvalue weighted by molar-refractivity contribution is 6.19. The second-order valence-electron chi connectivity index (χ2n) is 13.2. The Labute approximate surface area is 235 Å². The van der Waals surface area contributed by atoms with Crippen molar-refractivity contribution in [3.63, 3.8) is 0 Å². The number of allylic oxidation sites excluding steroid dienone is 3. The molecule has 0 amide bonds. The van der Waals surface area contributed by atoms with Gasteiger partial charge in [0.15, 0.2) is 22.8 Å². The third-order valence-corrected chi connectivity index (χ3v) is 9.32. The number of aliphatic hydroxyl groups is 1. The van der Waals surface area contributed by atoms with Crippen LogP contribution in [0.15, 0.2) is 41.0 Å². The van der Waals surface area contributed by atoms with Crippen LogP contribution in [-0.4, -0.2) is 50.8 Å². The zero-order valence-electron chi connectivity index (χ0n) is 24.3. The van der Waals surface area contributed by atoms with Crippen LogP contribution >= 0.6 is 0 Å². The molecule has 4 bridgehead atoms. The summed E-state index contributed by atoms with van der Waals surface area (Å²) in [7, 11) is 0. The van der Waals surface area contributed by atoms with E-state index < -0.39 is 28.3 Å². The summed E-state index contributed by atoms with van der Waals surface area (Å²) in [6.45, 7) is 13.4. The maximum atomic E-state index is 14.5. The number of hydrogen-bond donors (Lipinski definition) is 2. The lowest BCUT2D eigenvalue weighted by molar-refractivity contribution is -0.171. The molecule has 0 radical (unpaired) electrons. The Morgan fingerprint density at radius 1 is 1.07 bits per heavy atom. The number of rotatable bonds is 5. The van der Waals surface area contributed by atoms with E-state index >= 15 is 0 Å². The molecule has 6 aliphatic rings. The van der Waals surface area contributed by atoms with Crippen molar-refractivity contribution in [1.29, 1.82) is 0 Å². The average molecular weight is 547 g/mol. The minimum absolute atomic E-state index is 0.107. The van der Waals surface area contributed by atoms with Gasteiger partial charge in [0.05, 0.1) is 17.8 Å². The van der Waals surface area contributed by atoms with Crippen LogP contribution in [0.5, 0.6) is 17.2 Å². The molecule has 2 fully saturated rings. The number of phenols is 1. The van der Waals surface area contributed by atoms with Gasteiger partial charge >= 0.3 is 0 Å². The van der Waals surface area contributed by atoms with E-state index in [9.17, 15) is 19.8 Å². The monoisotopic (exact) mass is 546 g/mol. The molecule has 1 aromatic carbocycles. The molecule has 3 aliphatic heterocycles. The van der Waals surface area contributed by atoms with Crippen LogP contribution in [0.4, 0.5) is 0 Å². The van der Waals surface area contributed by atoms with Gasteiger partial charge in [-0.2, -0.15) is 0 Å². The molecule has 0 aromatic heterocycles. The number of aromatic hydroxyl groups is 1. The number of carbonyl (C=O) groups is 2. The van der Waals surface area contributed by atoms with Crippen molar-refractivity contribution in [2.24, 2.45) is 11.8 Å². The van der Waals surface area contributed by atoms with Crippen LogP contribution < -0.4 is 9.47 Å². The van der Waals surface area contributed by atoms with Crippen molar-refractivity contribution in [2.45, 2.75) is 90.1 Å². The molecular weight excluding hydrogens is 508 g/mol. The summed E-state index contributed by atoms with van der Waals surface area (Å²) in [6.07, 6.45) is 10.4. The third kappa shape index (κ3) is 3.37. The van der Waals surface area contributed by atoms with E-state index in [-0.39, 0.29) is 47.6 Å². The van der Waals surface area contributed by atoms with Crippen molar-refractivity contribution >= 4 is 17.6 Å². The summed E-state index contributed by atoms with van der Waals surface area (Å²) in [4.78, 5) is 28.7. The smallest absolute Gasteiger partial charge is 0.200 e. The first-order valence-electron chi connectivity index (χ1n) is 14.1. The molecule has 1 aromatic rings. The fraction of sp³-hybridized carbons (Fsp3) is 0.515. The molecule has 2 N–H and O–H groups in total. The van der Waals surface area contributed by atoms with Gasteiger partial charge in [-0.15, -0.1) is 0 Å². The summed E-state index contributed by atoms with van der Waals surface area (Å²) in [5.74, 6) is -0.661. The summed E-state index contributed by atoms with van der Waals surface area (Å²) in [5, 5.41) is 21.3. The highest BCUT2D eigenvalue weighted by Crippen LogP contribution is 2.68. The third-order valence-electron chi connectivity index (χ3n) is 9.32.